The molecular weight excluding hydrogens is 338 g/mol. The van der Waals surface area contributed by atoms with Gasteiger partial charge in [-0.2, -0.15) is 5.10 Å². The number of rotatable bonds is 4. The van der Waals surface area contributed by atoms with Crippen LogP contribution < -0.4 is 14.8 Å². The van der Waals surface area contributed by atoms with Crippen LogP contribution in [0.3, 0.4) is 0 Å². The number of anilines is 1. The Balaban J connectivity index is 1.59. The van der Waals surface area contributed by atoms with Crippen LogP contribution in [0.25, 0.3) is 11.3 Å². The van der Waals surface area contributed by atoms with E-state index in [1.807, 2.05) is 23.9 Å². The van der Waals surface area contributed by atoms with Crippen LogP contribution in [0.4, 0.5) is 5.69 Å². The molecule has 0 bridgehead atoms. The first-order valence-electron chi connectivity index (χ1n) is 9.34. The smallest absolute Gasteiger partial charge is 0.161 e. The Hall–Kier alpha value is -2.95. The fourth-order valence-electron chi connectivity index (χ4n) is 3.27. The highest BCUT2D eigenvalue weighted by molar-refractivity contribution is 5.67. The van der Waals surface area contributed by atoms with Crippen LogP contribution in [0.15, 0.2) is 42.6 Å². The van der Waals surface area contributed by atoms with E-state index in [9.17, 15) is 0 Å². The molecule has 5 nitrogen and oxygen atoms in total. The standard InChI is InChI=1S/C22H25N3O2/c1-15-5-7-19(11-16(15)2)23-13-18-14-25(3)24-22(18)17-6-8-20-21(12-17)27-10-4-9-26-20/h5-8,11-12,14,23H,4,9-10,13H2,1-3H3. The summed E-state index contributed by atoms with van der Waals surface area (Å²) >= 11 is 0. The van der Waals surface area contributed by atoms with Crippen molar-refractivity contribution in [3.8, 4) is 22.8 Å². The molecule has 140 valence electrons. The number of aromatic nitrogens is 2. The van der Waals surface area contributed by atoms with Crippen molar-refractivity contribution in [1.82, 2.24) is 9.78 Å². The van der Waals surface area contributed by atoms with Gasteiger partial charge in [-0.3, -0.25) is 4.68 Å². The first-order valence-corrected chi connectivity index (χ1v) is 9.34. The Morgan fingerprint density at radius 3 is 2.63 bits per heavy atom. The van der Waals surface area contributed by atoms with E-state index >= 15 is 0 Å². The third-order valence-electron chi connectivity index (χ3n) is 4.92. The third-order valence-corrected chi connectivity index (χ3v) is 4.92. The molecule has 1 aliphatic rings. The van der Waals surface area contributed by atoms with Crippen molar-refractivity contribution in [2.45, 2.75) is 26.8 Å². The molecule has 2 aromatic carbocycles. The van der Waals surface area contributed by atoms with E-state index in [1.165, 1.54) is 11.1 Å². The number of benzene rings is 2. The van der Waals surface area contributed by atoms with E-state index in [-0.39, 0.29) is 0 Å². The maximum atomic E-state index is 5.84. The zero-order valence-electron chi connectivity index (χ0n) is 16.1. The van der Waals surface area contributed by atoms with Gasteiger partial charge in [-0.15, -0.1) is 0 Å². The minimum absolute atomic E-state index is 0.680. The van der Waals surface area contributed by atoms with Gasteiger partial charge < -0.3 is 14.8 Å². The van der Waals surface area contributed by atoms with Gasteiger partial charge >= 0.3 is 0 Å². The summed E-state index contributed by atoms with van der Waals surface area (Å²) in [6.07, 6.45) is 2.96. The van der Waals surface area contributed by atoms with Crippen LogP contribution in [0.5, 0.6) is 11.5 Å². The quantitative estimate of drug-likeness (QED) is 0.743. The lowest BCUT2D eigenvalue weighted by molar-refractivity contribution is 0.297. The second-order valence-electron chi connectivity index (χ2n) is 7.04. The molecule has 0 amide bonds. The summed E-state index contributed by atoms with van der Waals surface area (Å²) < 4.78 is 13.4. The molecule has 1 aromatic heterocycles. The lowest BCUT2D eigenvalue weighted by atomic mass is 10.1. The summed E-state index contributed by atoms with van der Waals surface area (Å²) in [6.45, 7) is 6.34. The Labute approximate surface area is 159 Å². The summed E-state index contributed by atoms with van der Waals surface area (Å²) in [5.74, 6) is 1.60. The highest BCUT2D eigenvalue weighted by atomic mass is 16.5. The summed E-state index contributed by atoms with van der Waals surface area (Å²) in [6, 6.07) is 12.5. The van der Waals surface area contributed by atoms with Gasteiger partial charge in [0.05, 0.1) is 18.9 Å². The molecule has 0 spiro atoms. The molecule has 0 saturated carbocycles. The van der Waals surface area contributed by atoms with Crippen molar-refractivity contribution in [3.05, 3.63) is 59.3 Å². The Bertz CT molecular complexity index is 962. The minimum Gasteiger partial charge on any atom is -0.490 e. The molecular formula is C22H25N3O2. The summed E-state index contributed by atoms with van der Waals surface area (Å²) in [5, 5.41) is 8.19. The van der Waals surface area contributed by atoms with E-state index < -0.39 is 0 Å². The first kappa shape index (κ1) is 17.5. The van der Waals surface area contributed by atoms with E-state index in [0.29, 0.717) is 19.8 Å². The number of ether oxygens (including phenoxy) is 2. The van der Waals surface area contributed by atoms with Crippen molar-refractivity contribution < 1.29 is 9.47 Å². The number of fused-ring (bicyclic) bond motifs is 1. The van der Waals surface area contributed by atoms with Gasteiger partial charge in [0, 0.05) is 43.0 Å². The monoisotopic (exact) mass is 363 g/mol. The van der Waals surface area contributed by atoms with Crippen molar-refractivity contribution >= 4 is 5.69 Å². The molecule has 4 rings (SSSR count). The number of aryl methyl sites for hydroxylation is 3. The van der Waals surface area contributed by atoms with Gasteiger partial charge in [-0.25, -0.2) is 0 Å². The van der Waals surface area contributed by atoms with Gasteiger partial charge in [0.15, 0.2) is 11.5 Å². The fourth-order valence-corrected chi connectivity index (χ4v) is 3.27. The van der Waals surface area contributed by atoms with Crippen LogP contribution in [0.2, 0.25) is 0 Å². The largest absolute Gasteiger partial charge is 0.490 e. The Kier molecular flexibility index (Phi) is 4.75. The molecule has 2 heterocycles. The van der Waals surface area contributed by atoms with E-state index in [2.05, 4.69) is 54.7 Å². The maximum absolute atomic E-state index is 5.84. The predicted octanol–water partition coefficient (Wildman–Crippen LogP) is 4.48. The van der Waals surface area contributed by atoms with Crippen LogP contribution in [-0.2, 0) is 13.6 Å². The lowest BCUT2D eigenvalue weighted by Crippen LogP contribution is -2.01. The maximum Gasteiger partial charge on any atom is 0.161 e. The van der Waals surface area contributed by atoms with Crippen LogP contribution in [-0.4, -0.2) is 23.0 Å². The molecule has 5 heteroatoms. The van der Waals surface area contributed by atoms with E-state index in [0.717, 1.165) is 40.4 Å². The van der Waals surface area contributed by atoms with Gasteiger partial charge in [0.25, 0.3) is 0 Å². The molecule has 27 heavy (non-hydrogen) atoms. The molecule has 0 fully saturated rings. The Morgan fingerprint density at radius 2 is 1.81 bits per heavy atom. The third kappa shape index (κ3) is 3.77. The van der Waals surface area contributed by atoms with Crippen molar-refractivity contribution in [1.29, 1.82) is 0 Å². The summed E-state index contributed by atoms with van der Waals surface area (Å²) in [5.41, 5.74) is 6.85. The number of nitrogens with zero attached hydrogens (tertiary/aromatic N) is 2. The second kappa shape index (κ2) is 7.35. The van der Waals surface area contributed by atoms with Crippen molar-refractivity contribution in [2.24, 2.45) is 7.05 Å². The average molecular weight is 363 g/mol. The van der Waals surface area contributed by atoms with E-state index in [1.54, 1.807) is 0 Å². The van der Waals surface area contributed by atoms with Gasteiger partial charge in [0.2, 0.25) is 0 Å². The summed E-state index contributed by atoms with van der Waals surface area (Å²) in [4.78, 5) is 0. The first-order chi connectivity index (χ1) is 13.1. The number of hydrogen-bond donors (Lipinski definition) is 1. The van der Waals surface area contributed by atoms with E-state index in [4.69, 9.17) is 9.47 Å². The average Bonchev–Trinajstić information content (AvgIpc) is 2.88. The molecule has 0 atom stereocenters. The molecule has 1 aliphatic heterocycles. The second-order valence-corrected chi connectivity index (χ2v) is 7.04. The SMILES string of the molecule is Cc1ccc(NCc2cn(C)nc2-c2ccc3c(c2)OCCCO3)cc1C. The van der Waals surface area contributed by atoms with Gasteiger partial charge in [-0.05, 0) is 55.3 Å². The topological polar surface area (TPSA) is 48.3 Å². The van der Waals surface area contributed by atoms with Crippen LogP contribution in [0, 0.1) is 13.8 Å². The molecule has 1 N–H and O–H groups in total. The molecule has 0 saturated heterocycles. The highest BCUT2D eigenvalue weighted by Crippen LogP contribution is 2.35. The zero-order valence-corrected chi connectivity index (χ0v) is 16.1. The number of hydrogen-bond acceptors (Lipinski definition) is 4. The molecule has 0 aliphatic carbocycles. The van der Waals surface area contributed by atoms with Gasteiger partial charge in [0.1, 0.15) is 0 Å². The minimum atomic E-state index is 0.680. The zero-order chi connectivity index (χ0) is 18.8. The number of nitrogens with one attached hydrogen (secondary N) is 1. The van der Waals surface area contributed by atoms with Crippen molar-refractivity contribution in [3.63, 3.8) is 0 Å². The fraction of sp³-hybridized carbons (Fsp3) is 0.318. The normalized spacial score (nSPS) is 13.3. The predicted molar refractivity (Wildman–Crippen MR) is 107 cm³/mol. The highest BCUT2D eigenvalue weighted by Gasteiger charge is 2.15. The van der Waals surface area contributed by atoms with Crippen LogP contribution >= 0.6 is 0 Å². The molecule has 3 aromatic rings. The van der Waals surface area contributed by atoms with Gasteiger partial charge in [-0.1, -0.05) is 6.07 Å². The molecule has 0 radical (unpaired) electrons. The lowest BCUT2D eigenvalue weighted by Gasteiger charge is -2.11. The Morgan fingerprint density at radius 1 is 1.00 bits per heavy atom. The molecule has 0 unspecified atom stereocenters. The van der Waals surface area contributed by atoms with Crippen molar-refractivity contribution in [2.75, 3.05) is 18.5 Å². The van der Waals surface area contributed by atoms with Crippen LogP contribution in [0.1, 0.15) is 23.1 Å². The summed E-state index contributed by atoms with van der Waals surface area (Å²) in [7, 11) is 1.95.